The van der Waals surface area contributed by atoms with Crippen LogP contribution in [0.3, 0.4) is 0 Å². The highest BCUT2D eigenvalue weighted by Crippen LogP contribution is 2.24. The van der Waals surface area contributed by atoms with Crippen molar-refractivity contribution in [2.45, 2.75) is 25.8 Å². The molecule has 0 radical (unpaired) electrons. The third-order valence-corrected chi connectivity index (χ3v) is 6.61. The maximum absolute atomic E-state index is 12.9. The predicted octanol–water partition coefficient (Wildman–Crippen LogP) is 1.95. The number of ether oxygens (including phenoxy) is 1. The molecule has 1 N–H and O–H groups in total. The van der Waals surface area contributed by atoms with E-state index in [0.717, 1.165) is 0 Å². The normalized spacial score (nSPS) is 17.0. The number of carbonyl (C=O) groups is 3. The standard InChI is InChI=1S/C22H24N2O6S/c1-16(25)23-18-9-7-17(8-10-18)13-22(27)30-14-21(26)24(19-5-3-2-4-6-19)20-11-12-31(28,29)15-20/h2-10,20H,11-15H2,1H3,(H,23,25)/t20-/m1/s1. The Bertz CT molecular complexity index is 1050. The summed E-state index contributed by atoms with van der Waals surface area (Å²) in [7, 11) is -3.19. The monoisotopic (exact) mass is 444 g/mol. The fraction of sp³-hybridized carbons (Fsp3) is 0.318. The summed E-state index contributed by atoms with van der Waals surface area (Å²) in [6.45, 7) is 0.927. The Morgan fingerprint density at radius 1 is 1.06 bits per heavy atom. The lowest BCUT2D eigenvalue weighted by atomic mass is 10.1. The zero-order valence-corrected chi connectivity index (χ0v) is 17.9. The quantitative estimate of drug-likeness (QED) is 0.654. The van der Waals surface area contributed by atoms with Crippen molar-refractivity contribution in [2.75, 3.05) is 28.3 Å². The summed E-state index contributed by atoms with van der Waals surface area (Å²) in [5.41, 5.74) is 1.86. The molecular formula is C22H24N2O6S. The van der Waals surface area contributed by atoms with Crippen LogP contribution in [0, 0.1) is 0 Å². The van der Waals surface area contributed by atoms with Gasteiger partial charge >= 0.3 is 5.97 Å². The molecule has 0 spiro atoms. The lowest BCUT2D eigenvalue weighted by molar-refractivity contribution is -0.147. The van der Waals surface area contributed by atoms with E-state index in [1.807, 2.05) is 0 Å². The third kappa shape index (κ3) is 6.39. The first-order valence-electron chi connectivity index (χ1n) is 9.83. The van der Waals surface area contributed by atoms with Gasteiger partial charge in [0.2, 0.25) is 5.91 Å². The number of nitrogens with zero attached hydrogens (tertiary/aromatic N) is 1. The fourth-order valence-corrected chi connectivity index (χ4v) is 5.16. The van der Waals surface area contributed by atoms with E-state index in [1.54, 1.807) is 54.6 Å². The van der Waals surface area contributed by atoms with Gasteiger partial charge in [-0.3, -0.25) is 14.4 Å². The molecule has 0 bridgehead atoms. The molecule has 0 unspecified atom stereocenters. The summed E-state index contributed by atoms with van der Waals surface area (Å²) in [5.74, 6) is -1.32. The average Bonchev–Trinajstić information content (AvgIpc) is 3.08. The lowest BCUT2D eigenvalue weighted by Gasteiger charge is -2.28. The number of rotatable bonds is 7. The Kier molecular flexibility index (Phi) is 7.06. The average molecular weight is 445 g/mol. The molecule has 3 rings (SSSR count). The summed E-state index contributed by atoms with van der Waals surface area (Å²) >= 11 is 0. The molecule has 0 aliphatic carbocycles. The van der Waals surface area contributed by atoms with Gasteiger partial charge in [-0.1, -0.05) is 30.3 Å². The number of nitrogens with one attached hydrogen (secondary N) is 1. The van der Waals surface area contributed by atoms with Crippen LogP contribution in [0.5, 0.6) is 0 Å². The molecule has 31 heavy (non-hydrogen) atoms. The topological polar surface area (TPSA) is 110 Å². The van der Waals surface area contributed by atoms with E-state index in [-0.39, 0.29) is 23.8 Å². The summed E-state index contributed by atoms with van der Waals surface area (Å²) < 4.78 is 29.0. The first-order valence-corrected chi connectivity index (χ1v) is 11.7. The van der Waals surface area contributed by atoms with Crippen LogP contribution in [-0.2, 0) is 35.4 Å². The van der Waals surface area contributed by atoms with E-state index in [0.29, 0.717) is 23.4 Å². The number of benzene rings is 2. The molecule has 0 saturated carbocycles. The van der Waals surface area contributed by atoms with Crippen molar-refractivity contribution in [3.63, 3.8) is 0 Å². The first-order chi connectivity index (χ1) is 14.7. The van der Waals surface area contributed by atoms with Crippen molar-refractivity contribution in [1.29, 1.82) is 0 Å². The van der Waals surface area contributed by atoms with Crippen LogP contribution in [0.4, 0.5) is 11.4 Å². The smallest absolute Gasteiger partial charge is 0.310 e. The molecule has 1 fully saturated rings. The van der Waals surface area contributed by atoms with Crippen LogP contribution in [-0.4, -0.2) is 50.4 Å². The van der Waals surface area contributed by atoms with Gasteiger partial charge in [0, 0.05) is 18.3 Å². The maximum atomic E-state index is 12.9. The van der Waals surface area contributed by atoms with Crippen molar-refractivity contribution in [1.82, 2.24) is 0 Å². The number of hydrogen-bond acceptors (Lipinski definition) is 6. The van der Waals surface area contributed by atoms with Gasteiger partial charge in [0.15, 0.2) is 16.4 Å². The minimum absolute atomic E-state index is 0.0303. The minimum Gasteiger partial charge on any atom is -0.455 e. The molecule has 1 atom stereocenters. The van der Waals surface area contributed by atoms with Crippen LogP contribution in [0.25, 0.3) is 0 Å². The number of esters is 1. The van der Waals surface area contributed by atoms with Crippen LogP contribution >= 0.6 is 0 Å². The predicted molar refractivity (Wildman–Crippen MR) is 116 cm³/mol. The minimum atomic E-state index is -3.19. The van der Waals surface area contributed by atoms with Crippen molar-refractivity contribution in [3.8, 4) is 0 Å². The van der Waals surface area contributed by atoms with Crippen molar-refractivity contribution < 1.29 is 27.5 Å². The fourth-order valence-electron chi connectivity index (χ4n) is 3.46. The highest BCUT2D eigenvalue weighted by atomic mass is 32.2. The number of carbonyl (C=O) groups excluding carboxylic acids is 3. The lowest BCUT2D eigenvalue weighted by Crippen LogP contribution is -2.43. The van der Waals surface area contributed by atoms with Gasteiger partial charge in [0.1, 0.15) is 0 Å². The van der Waals surface area contributed by atoms with Crippen LogP contribution in [0.15, 0.2) is 54.6 Å². The molecule has 164 valence electrons. The number of amides is 2. The van der Waals surface area contributed by atoms with E-state index < -0.39 is 34.4 Å². The Morgan fingerprint density at radius 2 is 1.74 bits per heavy atom. The van der Waals surface area contributed by atoms with Gasteiger partial charge in [0.25, 0.3) is 5.91 Å². The van der Waals surface area contributed by atoms with Crippen LogP contribution in [0.1, 0.15) is 18.9 Å². The van der Waals surface area contributed by atoms with Crippen LogP contribution < -0.4 is 10.2 Å². The van der Waals surface area contributed by atoms with Gasteiger partial charge in [-0.2, -0.15) is 0 Å². The molecule has 2 amide bonds. The molecule has 1 aliphatic rings. The number of para-hydroxylation sites is 1. The van der Waals surface area contributed by atoms with Gasteiger partial charge in [-0.05, 0) is 36.2 Å². The summed E-state index contributed by atoms with van der Waals surface area (Å²) in [6.07, 6.45) is 0.314. The second-order valence-corrected chi connectivity index (χ2v) is 9.60. The molecule has 2 aromatic carbocycles. The highest BCUT2D eigenvalue weighted by molar-refractivity contribution is 7.91. The summed E-state index contributed by atoms with van der Waals surface area (Å²) in [5, 5.41) is 2.64. The number of anilines is 2. The Morgan fingerprint density at radius 3 is 2.32 bits per heavy atom. The Labute approximate surface area is 181 Å². The third-order valence-electron chi connectivity index (χ3n) is 4.86. The molecule has 9 heteroatoms. The first kappa shape index (κ1) is 22.5. The molecule has 1 saturated heterocycles. The van der Waals surface area contributed by atoms with Gasteiger partial charge in [0.05, 0.1) is 24.0 Å². The molecule has 8 nitrogen and oxygen atoms in total. The van der Waals surface area contributed by atoms with E-state index in [1.165, 1.54) is 11.8 Å². The van der Waals surface area contributed by atoms with Crippen molar-refractivity contribution in [2.24, 2.45) is 0 Å². The van der Waals surface area contributed by atoms with E-state index >= 15 is 0 Å². The molecule has 1 heterocycles. The van der Waals surface area contributed by atoms with Gasteiger partial charge in [-0.25, -0.2) is 8.42 Å². The van der Waals surface area contributed by atoms with Crippen molar-refractivity contribution >= 4 is 39.0 Å². The van der Waals surface area contributed by atoms with E-state index in [4.69, 9.17) is 4.74 Å². The largest absolute Gasteiger partial charge is 0.455 e. The molecule has 0 aromatic heterocycles. The second-order valence-electron chi connectivity index (χ2n) is 7.37. The van der Waals surface area contributed by atoms with Gasteiger partial charge < -0.3 is 15.0 Å². The maximum Gasteiger partial charge on any atom is 0.310 e. The van der Waals surface area contributed by atoms with Crippen LogP contribution in [0.2, 0.25) is 0 Å². The van der Waals surface area contributed by atoms with Gasteiger partial charge in [-0.15, -0.1) is 0 Å². The Balaban J connectivity index is 1.61. The van der Waals surface area contributed by atoms with Crippen molar-refractivity contribution in [3.05, 3.63) is 60.2 Å². The summed E-state index contributed by atoms with van der Waals surface area (Å²) in [4.78, 5) is 37.5. The molecule has 2 aromatic rings. The summed E-state index contributed by atoms with van der Waals surface area (Å²) in [6, 6.07) is 15.0. The Hall–Kier alpha value is -3.20. The number of sulfone groups is 1. The zero-order valence-electron chi connectivity index (χ0n) is 17.1. The SMILES string of the molecule is CC(=O)Nc1ccc(CC(=O)OCC(=O)N(c2ccccc2)[C@@H]2CCS(=O)(=O)C2)cc1. The number of hydrogen-bond donors (Lipinski definition) is 1. The second kappa shape index (κ2) is 9.74. The van der Waals surface area contributed by atoms with E-state index in [9.17, 15) is 22.8 Å². The van der Waals surface area contributed by atoms with E-state index in [2.05, 4.69) is 5.32 Å². The molecule has 1 aliphatic heterocycles. The highest BCUT2D eigenvalue weighted by Gasteiger charge is 2.35. The molecular weight excluding hydrogens is 420 g/mol. The zero-order chi connectivity index (χ0) is 22.4.